The fraction of sp³-hybridized carbons (Fsp3) is 0.647. The maximum Gasteiger partial charge on any atom is 0.165 e. The first-order chi connectivity index (χ1) is 10.8. The summed E-state index contributed by atoms with van der Waals surface area (Å²) >= 11 is 1.55. The van der Waals surface area contributed by atoms with Crippen LogP contribution in [0.4, 0.5) is 0 Å². The molecule has 0 radical (unpaired) electrons. The van der Waals surface area contributed by atoms with Crippen molar-refractivity contribution in [2.45, 2.75) is 67.9 Å². The highest BCUT2D eigenvalue weighted by Gasteiger charge is 2.50. The van der Waals surface area contributed by atoms with E-state index in [0.717, 1.165) is 4.90 Å². The smallest absolute Gasteiger partial charge is 0.165 e. The van der Waals surface area contributed by atoms with Crippen LogP contribution < -0.4 is 0 Å². The van der Waals surface area contributed by atoms with E-state index in [9.17, 15) is 5.11 Å². The zero-order valence-electron chi connectivity index (χ0n) is 13.9. The van der Waals surface area contributed by atoms with Crippen LogP contribution in [-0.4, -0.2) is 47.0 Å². The Balaban J connectivity index is 1.72. The standard InChI is InChI=1S/C17H24O5S/c1-16(2)19-10-12(20-16)13(18)14-15(22-17(3,4)21-14)23-11-8-6-5-7-9-11/h5-9,12-15,18H,10H2,1-4H3/t12-,13-,14+,15?/m1/s1. The van der Waals surface area contributed by atoms with Gasteiger partial charge in [-0.05, 0) is 39.8 Å². The first-order valence-electron chi connectivity index (χ1n) is 7.83. The van der Waals surface area contributed by atoms with Crippen molar-refractivity contribution in [2.24, 2.45) is 0 Å². The fourth-order valence-corrected chi connectivity index (χ4v) is 4.02. The van der Waals surface area contributed by atoms with Gasteiger partial charge in [0.05, 0.1) is 6.61 Å². The van der Waals surface area contributed by atoms with Crippen molar-refractivity contribution < 1.29 is 24.1 Å². The highest BCUT2D eigenvalue weighted by molar-refractivity contribution is 7.99. The number of benzene rings is 1. The predicted molar refractivity (Wildman–Crippen MR) is 87.0 cm³/mol. The molecule has 2 saturated heterocycles. The molecule has 0 bridgehead atoms. The Morgan fingerprint density at radius 2 is 1.74 bits per heavy atom. The molecule has 1 N–H and O–H groups in total. The summed E-state index contributed by atoms with van der Waals surface area (Å²) in [4.78, 5) is 1.07. The van der Waals surface area contributed by atoms with E-state index >= 15 is 0 Å². The Morgan fingerprint density at radius 3 is 2.35 bits per heavy atom. The summed E-state index contributed by atoms with van der Waals surface area (Å²) in [5, 5.41) is 10.7. The molecule has 128 valence electrons. The summed E-state index contributed by atoms with van der Waals surface area (Å²) in [6.45, 7) is 7.73. The molecule has 1 unspecified atom stereocenters. The normalized spacial score (nSPS) is 33.7. The fourth-order valence-electron chi connectivity index (χ4n) is 2.81. The van der Waals surface area contributed by atoms with Gasteiger partial charge in [0.1, 0.15) is 23.7 Å². The van der Waals surface area contributed by atoms with Crippen LogP contribution in [0.1, 0.15) is 27.7 Å². The van der Waals surface area contributed by atoms with Crippen LogP contribution in [-0.2, 0) is 18.9 Å². The van der Waals surface area contributed by atoms with Gasteiger partial charge in [-0.25, -0.2) is 0 Å². The quantitative estimate of drug-likeness (QED) is 0.909. The number of hydrogen-bond donors (Lipinski definition) is 1. The van der Waals surface area contributed by atoms with Crippen LogP contribution in [0.2, 0.25) is 0 Å². The molecule has 23 heavy (non-hydrogen) atoms. The molecule has 5 nitrogen and oxygen atoms in total. The lowest BCUT2D eigenvalue weighted by Crippen LogP contribution is -2.44. The third-order valence-electron chi connectivity index (χ3n) is 3.83. The summed E-state index contributed by atoms with van der Waals surface area (Å²) in [5.41, 5.74) is -0.310. The summed E-state index contributed by atoms with van der Waals surface area (Å²) in [6.07, 6.45) is -1.73. The Bertz CT molecular complexity index is 533. The average Bonchev–Trinajstić information content (AvgIpc) is 2.98. The van der Waals surface area contributed by atoms with Gasteiger partial charge in [-0.3, -0.25) is 0 Å². The van der Waals surface area contributed by atoms with E-state index in [1.807, 2.05) is 58.0 Å². The number of hydrogen-bond acceptors (Lipinski definition) is 6. The minimum absolute atomic E-state index is 0.310. The molecule has 1 aromatic carbocycles. The van der Waals surface area contributed by atoms with E-state index in [1.165, 1.54) is 0 Å². The Hall–Kier alpha value is -0.630. The second-order valence-corrected chi connectivity index (χ2v) is 7.93. The molecule has 4 atom stereocenters. The third kappa shape index (κ3) is 4.07. The Kier molecular flexibility index (Phi) is 4.75. The number of thioether (sulfide) groups is 1. The number of aliphatic hydroxyl groups is 1. The molecule has 0 aromatic heterocycles. The van der Waals surface area contributed by atoms with Gasteiger partial charge in [0.25, 0.3) is 0 Å². The van der Waals surface area contributed by atoms with E-state index in [2.05, 4.69) is 0 Å². The molecule has 2 fully saturated rings. The van der Waals surface area contributed by atoms with Gasteiger partial charge in [-0.2, -0.15) is 0 Å². The van der Waals surface area contributed by atoms with Gasteiger partial charge in [0.2, 0.25) is 0 Å². The molecular formula is C17H24O5S. The van der Waals surface area contributed by atoms with Crippen molar-refractivity contribution in [3.63, 3.8) is 0 Å². The molecule has 0 spiro atoms. The zero-order chi connectivity index (χ0) is 16.7. The molecule has 0 saturated carbocycles. The van der Waals surface area contributed by atoms with Crippen molar-refractivity contribution in [1.29, 1.82) is 0 Å². The van der Waals surface area contributed by atoms with Crippen molar-refractivity contribution >= 4 is 11.8 Å². The molecule has 1 aromatic rings. The van der Waals surface area contributed by atoms with Gasteiger partial charge in [-0.1, -0.05) is 30.0 Å². The molecule has 0 aliphatic carbocycles. The maximum atomic E-state index is 10.7. The minimum atomic E-state index is -0.820. The predicted octanol–water partition coefficient (Wildman–Crippen LogP) is 2.77. The molecule has 6 heteroatoms. The number of rotatable bonds is 4. The summed E-state index contributed by atoms with van der Waals surface area (Å²) in [7, 11) is 0. The molecule has 2 aliphatic rings. The van der Waals surface area contributed by atoms with Crippen LogP contribution >= 0.6 is 11.8 Å². The zero-order valence-corrected chi connectivity index (χ0v) is 14.7. The van der Waals surface area contributed by atoms with E-state index in [0.29, 0.717) is 6.61 Å². The van der Waals surface area contributed by atoms with Crippen LogP contribution in [0.5, 0.6) is 0 Å². The second-order valence-electron chi connectivity index (χ2n) is 6.76. The average molecular weight is 340 g/mol. The Morgan fingerprint density at radius 1 is 1.04 bits per heavy atom. The molecule has 2 aliphatic heterocycles. The second kappa shape index (κ2) is 6.35. The van der Waals surface area contributed by atoms with Crippen LogP contribution in [0.15, 0.2) is 35.2 Å². The topological polar surface area (TPSA) is 57.2 Å². The van der Waals surface area contributed by atoms with Gasteiger partial charge in [-0.15, -0.1) is 0 Å². The maximum absolute atomic E-state index is 10.7. The van der Waals surface area contributed by atoms with Gasteiger partial charge < -0.3 is 24.1 Å². The molecule has 3 rings (SSSR count). The van der Waals surface area contributed by atoms with Crippen LogP contribution in [0.3, 0.4) is 0 Å². The molecular weight excluding hydrogens is 316 g/mol. The molecule has 2 heterocycles. The lowest BCUT2D eigenvalue weighted by Gasteiger charge is -2.26. The molecule has 0 amide bonds. The minimum Gasteiger partial charge on any atom is -0.387 e. The summed E-state index contributed by atoms with van der Waals surface area (Å²) < 4.78 is 23.3. The Labute approximate surface area is 141 Å². The SMILES string of the molecule is CC1(C)OC(Sc2ccccc2)[C@H]([C@H](O)[C@H]2COC(C)(C)O2)O1. The van der Waals surface area contributed by atoms with E-state index < -0.39 is 29.9 Å². The van der Waals surface area contributed by atoms with Crippen molar-refractivity contribution in [1.82, 2.24) is 0 Å². The van der Waals surface area contributed by atoms with Crippen molar-refractivity contribution in [3.8, 4) is 0 Å². The van der Waals surface area contributed by atoms with E-state index in [-0.39, 0.29) is 5.44 Å². The van der Waals surface area contributed by atoms with Gasteiger partial charge in [0, 0.05) is 4.90 Å². The largest absolute Gasteiger partial charge is 0.387 e. The number of aliphatic hydroxyl groups excluding tert-OH is 1. The van der Waals surface area contributed by atoms with E-state index in [4.69, 9.17) is 18.9 Å². The third-order valence-corrected chi connectivity index (χ3v) is 4.97. The van der Waals surface area contributed by atoms with Gasteiger partial charge >= 0.3 is 0 Å². The first kappa shape index (κ1) is 17.2. The summed E-state index contributed by atoms with van der Waals surface area (Å²) in [6, 6.07) is 9.95. The lowest BCUT2D eigenvalue weighted by molar-refractivity contribution is -0.178. The van der Waals surface area contributed by atoms with Crippen molar-refractivity contribution in [3.05, 3.63) is 30.3 Å². The highest BCUT2D eigenvalue weighted by Crippen LogP contribution is 2.40. The van der Waals surface area contributed by atoms with Crippen molar-refractivity contribution in [2.75, 3.05) is 6.61 Å². The van der Waals surface area contributed by atoms with Gasteiger partial charge in [0.15, 0.2) is 11.6 Å². The van der Waals surface area contributed by atoms with Crippen LogP contribution in [0.25, 0.3) is 0 Å². The highest BCUT2D eigenvalue weighted by atomic mass is 32.2. The summed E-state index contributed by atoms with van der Waals surface area (Å²) in [5.74, 6) is -1.42. The first-order valence-corrected chi connectivity index (χ1v) is 8.71. The lowest BCUT2D eigenvalue weighted by atomic mass is 10.1. The van der Waals surface area contributed by atoms with E-state index in [1.54, 1.807) is 11.8 Å². The monoisotopic (exact) mass is 340 g/mol. The number of ether oxygens (including phenoxy) is 4. The van der Waals surface area contributed by atoms with Crippen LogP contribution in [0, 0.1) is 0 Å².